The fourth-order valence-corrected chi connectivity index (χ4v) is 2.64. The Bertz CT molecular complexity index is 793. The summed E-state index contributed by atoms with van der Waals surface area (Å²) >= 11 is 0. The lowest BCUT2D eigenvalue weighted by atomic mass is 10.1. The lowest BCUT2D eigenvalue weighted by molar-refractivity contribution is 0.0726. The van der Waals surface area contributed by atoms with E-state index in [4.69, 9.17) is 0 Å². The third-order valence-electron chi connectivity index (χ3n) is 3.77. The van der Waals surface area contributed by atoms with E-state index in [1.54, 1.807) is 35.6 Å². The molecule has 22 heavy (non-hydrogen) atoms. The number of H-pyrrole nitrogens is 2. The number of aromatic nitrogens is 5. The summed E-state index contributed by atoms with van der Waals surface area (Å²) in [4.78, 5) is 26.3. The summed E-state index contributed by atoms with van der Waals surface area (Å²) in [6, 6.07) is 5.36. The second-order valence-electron chi connectivity index (χ2n) is 5.19. The summed E-state index contributed by atoms with van der Waals surface area (Å²) in [5, 5.41) is 6.70. The number of aromatic amines is 2. The standard InChI is InChI=1S/C15H14N6O/c22-15(12-3-1-2-5-16-12)21-6-4-11-13(9-21)20-14(19-11)10-7-17-18-8-10/h1-3,5,7-8H,4,6,9H2,(H,17,18)(H,19,20). The molecule has 0 saturated heterocycles. The van der Waals surface area contributed by atoms with Crippen molar-refractivity contribution < 1.29 is 4.79 Å². The Labute approximate surface area is 126 Å². The van der Waals surface area contributed by atoms with Gasteiger partial charge in [0.2, 0.25) is 0 Å². The molecule has 0 fully saturated rings. The van der Waals surface area contributed by atoms with Crippen molar-refractivity contribution in [2.75, 3.05) is 6.54 Å². The van der Waals surface area contributed by atoms with Crippen LogP contribution in [-0.4, -0.2) is 42.5 Å². The van der Waals surface area contributed by atoms with E-state index in [9.17, 15) is 4.79 Å². The molecule has 0 saturated carbocycles. The molecular formula is C15H14N6O. The van der Waals surface area contributed by atoms with Crippen LogP contribution in [0.25, 0.3) is 11.4 Å². The molecule has 1 aliphatic rings. The Hall–Kier alpha value is -2.96. The first-order valence-electron chi connectivity index (χ1n) is 7.08. The van der Waals surface area contributed by atoms with Crippen LogP contribution in [0.2, 0.25) is 0 Å². The summed E-state index contributed by atoms with van der Waals surface area (Å²) in [5.41, 5.74) is 3.38. The molecule has 0 radical (unpaired) electrons. The van der Waals surface area contributed by atoms with Gasteiger partial charge >= 0.3 is 0 Å². The number of hydrogen-bond acceptors (Lipinski definition) is 4. The van der Waals surface area contributed by atoms with Crippen LogP contribution in [0.15, 0.2) is 36.8 Å². The number of fused-ring (bicyclic) bond motifs is 1. The monoisotopic (exact) mass is 294 g/mol. The highest BCUT2D eigenvalue weighted by molar-refractivity contribution is 5.92. The van der Waals surface area contributed by atoms with Crippen LogP contribution in [0.5, 0.6) is 0 Å². The van der Waals surface area contributed by atoms with E-state index in [-0.39, 0.29) is 5.91 Å². The topological polar surface area (TPSA) is 90.6 Å². The molecule has 1 aliphatic heterocycles. The molecule has 2 N–H and O–H groups in total. The highest BCUT2D eigenvalue weighted by Crippen LogP contribution is 2.22. The summed E-state index contributed by atoms with van der Waals surface area (Å²) in [7, 11) is 0. The average molecular weight is 294 g/mol. The third kappa shape index (κ3) is 2.16. The number of amides is 1. The van der Waals surface area contributed by atoms with Gasteiger partial charge in [0.1, 0.15) is 11.5 Å². The van der Waals surface area contributed by atoms with E-state index in [0.29, 0.717) is 18.8 Å². The van der Waals surface area contributed by atoms with Gasteiger partial charge in [-0.3, -0.25) is 14.9 Å². The second kappa shape index (κ2) is 5.10. The van der Waals surface area contributed by atoms with E-state index >= 15 is 0 Å². The molecule has 0 aliphatic carbocycles. The lowest BCUT2D eigenvalue weighted by Gasteiger charge is -2.25. The van der Waals surface area contributed by atoms with E-state index in [2.05, 4.69) is 25.1 Å². The van der Waals surface area contributed by atoms with Crippen LogP contribution in [0.3, 0.4) is 0 Å². The van der Waals surface area contributed by atoms with Crippen molar-refractivity contribution in [3.05, 3.63) is 53.9 Å². The maximum absolute atomic E-state index is 12.5. The predicted octanol–water partition coefficient (Wildman–Crippen LogP) is 1.39. The molecule has 4 heterocycles. The molecule has 1 amide bonds. The van der Waals surface area contributed by atoms with Crippen molar-refractivity contribution >= 4 is 5.91 Å². The van der Waals surface area contributed by atoms with Crippen molar-refractivity contribution in [2.24, 2.45) is 0 Å². The number of hydrogen-bond donors (Lipinski definition) is 2. The molecule has 0 bridgehead atoms. The second-order valence-corrected chi connectivity index (χ2v) is 5.19. The number of nitrogens with zero attached hydrogens (tertiary/aromatic N) is 4. The molecular weight excluding hydrogens is 280 g/mol. The van der Waals surface area contributed by atoms with Gasteiger partial charge in [0.15, 0.2) is 0 Å². The molecule has 3 aromatic heterocycles. The zero-order chi connectivity index (χ0) is 14.9. The van der Waals surface area contributed by atoms with E-state index in [1.165, 1.54) is 0 Å². The van der Waals surface area contributed by atoms with E-state index in [0.717, 1.165) is 29.2 Å². The normalized spacial score (nSPS) is 13.9. The van der Waals surface area contributed by atoms with Crippen molar-refractivity contribution in [3.8, 4) is 11.4 Å². The van der Waals surface area contributed by atoms with Gasteiger partial charge < -0.3 is 9.88 Å². The molecule has 0 spiro atoms. The predicted molar refractivity (Wildman–Crippen MR) is 78.9 cm³/mol. The first kappa shape index (κ1) is 12.8. The van der Waals surface area contributed by atoms with Crippen molar-refractivity contribution in [2.45, 2.75) is 13.0 Å². The fraction of sp³-hybridized carbons (Fsp3) is 0.200. The van der Waals surface area contributed by atoms with Gasteiger partial charge in [0.25, 0.3) is 5.91 Å². The van der Waals surface area contributed by atoms with Gasteiger partial charge in [-0.25, -0.2) is 4.98 Å². The first-order chi connectivity index (χ1) is 10.8. The molecule has 0 atom stereocenters. The number of carbonyl (C=O) groups is 1. The largest absolute Gasteiger partial charge is 0.340 e. The maximum Gasteiger partial charge on any atom is 0.272 e. The van der Waals surface area contributed by atoms with Gasteiger partial charge in [-0.1, -0.05) is 6.07 Å². The van der Waals surface area contributed by atoms with Gasteiger partial charge in [0, 0.05) is 25.4 Å². The van der Waals surface area contributed by atoms with E-state index in [1.807, 2.05) is 6.07 Å². The minimum absolute atomic E-state index is 0.0503. The Morgan fingerprint density at radius 1 is 1.32 bits per heavy atom. The third-order valence-corrected chi connectivity index (χ3v) is 3.77. The van der Waals surface area contributed by atoms with Gasteiger partial charge in [0.05, 0.1) is 29.7 Å². The minimum atomic E-state index is -0.0503. The molecule has 0 unspecified atom stereocenters. The van der Waals surface area contributed by atoms with Crippen LogP contribution in [0, 0.1) is 0 Å². The van der Waals surface area contributed by atoms with Crippen molar-refractivity contribution in [1.29, 1.82) is 0 Å². The molecule has 7 heteroatoms. The minimum Gasteiger partial charge on any atom is -0.340 e. The Morgan fingerprint density at radius 2 is 2.27 bits per heavy atom. The quantitative estimate of drug-likeness (QED) is 0.747. The number of rotatable bonds is 2. The molecule has 3 aromatic rings. The SMILES string of the molecule is O=C(c1ccccn1)N1CCc2nc(-c3cn[nH]c3)[nH]c2C1. The van der Waals surface area contributed by atoms with Gasteiger partial charge in [-0.15, -0.1) is 0 Å². The zero-order valence-corrected chi connectivity index (χ0v) is 11.8. The number of carbonyl (C=O) groups excluding carboxylic acids is 1. The lowest BCUT2D eigenvalue weighted by Crippen LogP contribution is -2.36. The highest BCUT2D eigenvalue weighted by Gasteiger charge is 2.25. The fourth-order valence-electron chi connectivity index (χ4n) is 2.64. The number of nitrogens with one attached hydrogen (secondary N) is 2. The summed E-state index contributed by atoms with van der Waals surface area (Å²) < 4.78 is 0. The maximum atomic E-state index is 12.5. The van der Waals surface area contributed by atoms with E-state index < -0.39 is 0 Å². The summed E-state index contributed by atoms with van der Waals surface area (Å²) in [5.74, 6) is 0.733. The smallest absolute Gasteiger partial charge is 0.272 e. The Morgan fingerprint density at radius 3 is 3.05 bits per heavy atom. The van der Waals surface area contributed by atoms with Crippen molar-refractivity contribution in [1.82, 2.24) is 30.0 Å². The molecule has 0 aromatic carbocycles. The highest BCUT2D eigenvalue weighted by atomic mass is 16.2. The average Bonchev–Trinajstić information content (AvgIpc) is 3.23. The number of pyridine rings is 1. The molecule has 110 valence electrons. The van der Waals surface area contributed by atoms with Gasteiger partial charge in [-0.05, 0) is 12.1 Å². The molecule has 7 nitrogen and oxygen atoms in total. The van der Waals surface area contributed by atoms with Crippen LogP contribution >= 0.6 is 0 Å². The summed E-state index contributed by atoms with van der Waals surface area (Å²) in [6.07, 6.45) is 5.89. The van der Waals surface area contributed by atoms with Crippen LogP contribution in [0.1, 0.15) is 21.9 Å². The molecule has 4 rings (SSSR count). The number of imidazole rings is 1. The van der Waals surface area contributed by atoms with Crippen LogP contribution in [0.4, 0.5) is 0 Å². The Balaban J connectivity index is 1.58. The summed E-state index contributed by atoms with van der Waals surface area (Å²) in [6.45, 7) is 1.17. The van der Waals surface area contributed by atoms with Crippen LogP contribution < -0.4 is 0 Å². The van der Waals surface area contributed by atoms with Gasteiger partial charge in [-0.2, -0.15) is 5.10 Å². The van der Waals surface area contributed by atoms with Crippen LogP contribution in [-0.2, 0) is 13.0 Å². The Kier molecular flexibility index (Phi) is 2.96. The zero-order valence-electron chi connectivity index (χ0n) is 11.8. The van der Waals surface area contributed by atoms with Crippen molar-refractivity contribution in [3.63, 3.8) is 0 Å². The first-order valence-corrected chi connectivity index (χ1v) is 7.08.